The number of alkyl halides is 3. The molecule has 1 aliphatic carbocycles. The Morgan fingerprint density at radius 3 is 1.87 bits per heavy atom. The van der Waals surface area contributed by atoms with Crippen molar-refractivity contribution in [2.75, 3.05) is 74.2 Å². The second kappa shape index (κ2) is 35.8. The number of aromatic nitrogens is 6. The Kier molecular flexibility index (Phi) is 30.4. The third kappa shape index (κ3) is 25.9. The van der Waals surface area contributed by atoms with Crippen molar-refractivity contribution < 1.29 is 105 Å². The van der Waals surface area contributed by atoms with Crippen molar-refractivity contribution in [3.05, 3.63) is 94.2 Å². The van der Waals surface area contributed by atoms with Crippen LogP contribution in [0.2, 0.25) is 5.02 Å². The molecule has 7 N–H and O–H groups in total. The van der Waals surface area contributed by atoms with Crippen LogP contribution in [-0.4, -0.2) is 166 Å². The summed E-state index contributed by atoms with van der Waals surface area (Å²) in [5.41, 5.74) is 0.737. The number of terminal acetylenes is 1. The van der Waals surface area contributed by atoms with Crippen LogP contribution in [0.3, 0.4) is 0 Å². The number of anilines is 3. The number of aliphatic carboxylic acids is 1. The van der Waals surface area contributed by atoms with Crippen molar-refractivity contribution >= 4 is 107 Å². The van der Waals surface area contributed by atoms with E-state index in [4.69, 9.17) is 47.0 Å². The first kappa shape index (κ1) is 79.9. The molecular weight excluding hydrogens is 1380 g/mol. The number of pyridine rings is 1. The van der Waals surface area contributed by atoms with Crippen LogP contribution in [0.5, 0.6) is 23.5 Å². The fourth-order valence-electron chi connectivity index (χ4n) is 7.36. The average molecular weight is 1440 g/mol. The maximum absolute atomic E-state index is 14.4. The van der Waals surface area contributed by atoms with Crippen molar-refractivity contribution in [1.29, 1.82) is 0 Å². The number of sulfone groups is 1. The molecule has 5 aromatic rings. The first-order valence-corrected chi connectivity index (χ1v) is 35.8. The highest BCUT2D eigenvalue weighted by atomic mass is 35.5. The Morgan fingerprint density at radius 1 is 0.840 bits per heavy atom. The Hall–Kier alpha value is -8.35. The number of methoxy groups -OCH3 is 3. The van der Waals surface area contributed by atoms with Crippen molar-refractivity contribution in [3.63, 3.8) is 0 Å². The predicted octanol–water partition coefficient (Wildman–Crippen LogP) is 4.67. The van der Waals surface area contributed by atoms with E-state index in [2.05, 4.69) is 65.2 Å². The van der Waals surface area contributed by atoms with Gasteiger partial charge in [0, 0.05) is 29.8 Å². The standard InChI is InChI=1S/C18H15ClFNO3.C15H16F3N5O4S.C14H17N5O7S2.C3H8NO5P.C3H9S/c1-3-10(2)24-16-9-15(14(20)8-13(16)19)21-17(22)11-6-4-5-7-12(11)18(21)23;1-9-19-12(22-14(20-9)27-2)21-13(24)23-28(25,26)11-6-4-3-5-10(11)7-8-15(16,17)18;1-4-27(21,22)9-6-5-7-15-12(9)28(23,24)19-14(20)18-13-16-10(25-2)8-11(17-13)26-3;5-3(6)1-4-2-10(7,8)9;1-4(2)3/h1,8-10H,4-7H2,2H3;3-6H,7-8H2,1-2H3,(H2,19,20,21,22,23,24);5-8H,4H2,1-3H3,(H2,16,17,18,19,20);4H,1-2H2,(H,5,6)(H2,7,8,9);1-3H3/q;;;;+1/p-1. The van der Waals surface area contributed by atoms with E-state index in [0.717, 1.165) is 42.1 Å². The van der Waals surface area contributed by atoms with Gasteiger partial charge < -0.3 is 38.4 Å². The van der Waals surface area contributed by atoms with Crippen LogP contribution in [0, 0.1) is 25.1 Å². The molecule has 0 spiro atoms. The van der Waals surface area contributed by atoms with Crippen LogP contribution in [0.1, 0.15) is 57.3 Å². The zero-order valence-electron chi connectivity index (χ0n) is 51.2. The van der Waals surface area contributed by atoms with E-state index in [-0.39, 0.29) is 63.3 Å². The number of rotatable bonds is 20. The number of hydrogen-bond acceptors (Lipinski definition) is 24. The topological polar surface area (TPSA) is 446 Å². The van der Waals surface area contributed by atoms with E-state index in [1.807, 2.05) is 5.32 Å². The molecule has 7 rings (SSSR count). The zero-order chi connectivity index (χ0) is 71.1. The van der Waals surface area contributed by atoms with Gasteiger partial charge in [-0.15, -0.1) is 6.42 Å². The molecule has 0 bridgehead atoms. The smallest absolute Gasteiger partial charge is 0.389 e. The highest BCUT2D eigenvalue weighted by Gasteiger charge is 2.41. The monoisotopic (exact) mass is 1440 g/mol. The molecule has 2 aliphatic rings. The van der Waals surface area contributed by atoms with E-state index < -0.39 is 126 Å². The van der Waals surface area contributed by atoms with Crippen LogP contribution in [0.4, 0.5) is 44.7 Å². The summed E-state index contributed by atoms with van der Waals surface area (Å²) in [5, 5.41) is 13.4. The molecule has 4 heterocycles. The number of carboxylic acids is 1. The molecule has 514 valence electrons. The third-order valence-electron chi connectivity index (χ3n) is 11.3. The number of nitrogens with zero attached hydrogens (tertiary/aromatic N) is 7. The minimum atomic E-state index is -4.61. The van der Waals surface area contributed by atoms with Gasteiger partial charge in [0.15, 0.2) is 21.0 Å². The van der Waals surface area contributed by atoms with Crippen molar-refractivity contribution in [1.82, 2.24) is 44.7 Å². The number of halogens is 5. The van der Waals surface area contributed by atoms with E-state index in [9.17, 15) is 76.2 Å². The molecule has 31 nitrogen and oxygen atoms in total. The lowest BCUT2D eigenvalue weighted by atomic mass is 9.93. The molecule has 0 radical (unpaired) electrons. The number of amides is 6. The van der Waals surface area contributed by atoms with E-state index in [0.29, 0.717) is 34.9 Å². The summed E-state index contributed by atoms with van der Waals surface area (Å²) in [6.45, 7) is 4.01. The van der Waals surface area contributed by atoms with Gasteiger partial charge in [-0.05, 0) is 86.7 Å². The van der Waals surface area contributed by atoms with Gasteiger partial charge in [0.1, 0.15) is 29.9 Å². The Balaban J connectivity index is 0.000000334. The summed E-state index contributed by atoms with van der Waals surface area (Å²) in [6, 6.07) is 8.56. The normalized spacial score (nSPS) is 13.8. The number of imide groups is 1. The number of carbonyl (C=O) groups excluding carboxylic acids is 4. The number of urea groups is 2. The van der Waals surface area contributed by atoms with Gasteiger partial charge in [0.2, 0.25) is 23.7 Å². The number of ether oxygens (including phenoxy) is 4. The molecule has 2 atom stereocenters. The number of carbonyl (C=O) groups is 5. The number of benzene rings is 2. The van der Waals surface area contributed by atoms with E-state index in [1.165, 1.54) is 71.6 Å². The maximum Gasteiger partial charge on any atom is 0.389 e. The summed E-state index contributed by atoms with van der Waals surface area (Å²) in [5.74, 6) is -0.936. The molecule has 0 saturated carbocycles. The van der Waals surface area contributed by atoms with Gasteiger partial charge >= 0.3 is 30.2 Å². The number of sulfonamides is 2. The van der Waals surface area contributed by atoms with Crippen molar-refractivity contribution in [3.8, 4) is 35.9 Å². The summed E-state index contributed by atoms with van der Waals surface area (Å²) >= 11 is 5.97. The zero-order valence-corrected chi connectivity index (χ0v) is 56.1. The van der Waals surface area contributed by atoms with E-state index >= 15 is 0 Å². The Morgan fingerprint density at radius 2 is 1.37 bits per heavy atom. The van der Waals surface area contributed by atoms with Gasteiger partial charge in [0.05, 0.1) is 80.4 Å². The molecule has 3 aromatic heterocycles. The van der Waals surface area contributed by atoms with Crippen LogP contribution < -0.4 is 54.1 Å². The number of hydrogen-bond donors (Lipinski definition) is 7. The Bertz CT molecular complexity index is 3980. The highest BCUT2D eigenvalue weighted by Crippen LogP contribution is 2.40. The molecule has 1 aliphatic heterocycles. The lowest BCUT2D eigenvalue weighted by Crippen LogP contribution is -2.36. The van der Waals surface area contributed by atoms with Crippen LogP contribution in [0.15, 0.2) is 86.8 Å². The average Bonchev–Trinajstić information content (AvgIpc) is 1.55. The number of nitrogens with one attached hydrogen (secondary N) is 5. The summed E-state index contributed by atoms with van der Waals surface area (Å²) in [4.78, 5) is 99.5. The Labute approximate surface area is 545 Å². The molecule has 94 heavy (non-hydrogen) atoms. The number of aryl methyl sites for hydroxylation is 2. The first-order valence-electron chi connectivity index (χ1n) is 26.6. The quantitative estimate of drug-likeness (QED) is 0.0183. The van der Waals surface area contributed by atoms with Gasteiger partial charge in [-0.3, -0.25) is 30.3 Å². The first-order chi connectivity index (χ1) is 43.7. The van der Waals surface area contributed by atoms with Gasteiger partial charge in [-0.2, -0.15) is 46.5 Å². The van der Waals surface area contributed by atoms with Crippen LogP contribution in [-0.2, 0) is 66.1 Å². The molecular formula is C53H64ClF4N12O19PS4. The molecule has 0 saturated heterocycles. The van der Waals surface area contributed by atoms with Crippen molar-refractivity contribution in [2.45, 2.75) is 86.4 Å². The van der Waals surface area contributed by atoms with Crippen LogP contribution in [0.25, 0.3) is 0 Å². The van der Waals surface area contributed by atoms with Crippen molar-refractivity contribution in [2.24, 2.45) is 0 Å². The van der Waals surface area contributed by atoms with Gasteiger partial charge in [-0.1, -0.05) is 42.6 Å². The fourth-order valence-corrected chi connectivity index (χ4v) is 11.7. The van der Waals surface area contributed by atoms with Gasteiger partial charge in [0.25, 0.3) is 31.9 Å². The van der Waals surface area contributed by atoms with E-state index in [1.54, 1.807) is 16.4 Å². The largest absolute Gasteiger partial charge is 0.778 e. The number of carboxylic acid groups (broad SMARTS) is 1. The minimum absolute atomic E-state index is 0.0233. The summed E-state index contributed by atoms with van der Waals surface area (Å²) in [6.07, 6.45) is 8.24. The lowest BCUT2D eigenvalue weighted by Gasteiger charge is -2.19. The third-order valence-corrected chi connectivity index (χ3v) is 16.8. The second-order valence-corrected chi connectivity index (χ2v) is 29.1. The lowest BCUT2D eigenvalue weighted by molar-refractivity contribution is -0.193. The minimum Gasteiger partial charge on any atom is -0.778 e. The summed E-state index contributed by atoms with van der Waals surface area (Å²) in [7, 11) is -12.7. The maximum atomic E-state index is 14.4. The fraction of sp³-hybridized carbons (Fsp3) is 0.377. The van der Waals surface area contributed by atoms with Crippen LogP contribution >= 0.6 is 19.2 Å². The SMILES string of the molecule is C#CC(C)Oc1cc(N2C(=O)C3=C(CCCC3)C2=O)c(F)cc1Cl.CCS(=O)(=O)c1cccnc1S(=O)(=O)NC(=O)Nc1nc(OC)cc(OC)n1.COc1nc(C)nc(NC(=O)NS(=O)(=O)c2ccccc2CCC(F)(F)F)n1.C[S+](C)C.O=C(O)CNCP(=O)([O-])O. The van der Waals surface area contributed by atoms with Gasteiger partial charge in [-0.25, -0.2) is 50.1 Å². The molecule has 41 heteroatoms. The molecule has 2 unspecified atom stereocenters. The highest BCUT2D eigenvalue weighted by molar-refractivity contribution is 7.94. The second-order valence-electron chi connectivity index (χ2n) is 19.1. The predicted molar refractivity (Wildman–Crippen MR) is 332 cm³/mol. The summed E-state index contributed by atoms with van der Waals surface area (Å²) < 4.78 is 159. The molecule has 6 amide bonds. The molecule has 0 fully saturated rings. The molecule has 2 aromatic carbocycles.